The second-order valence-corrected chi connectivity index (χ2v) is 7.10. The van der Waals surface area contributed by atoms with Gasteiger partial charge in [-0.3, -0.25) is 9.78 Å². The quantitative estimate of drug-likeness (QED) is 0.493. The Kier molecular flexibility index (Phi) is 8.71. The minimum Gasteiger partial charge on any atom is -0.465 e. The minimum atomic E-state index is -0.0478. The summed E-state index contributed by atoms with van der Waals surface area (Å²) in [5.74, 6) is 0.468. The molecule has 0 spiro atoms. The van der Waals surface area contributed by atoms with Crippen LogP contribution in [0.1, 0.15) is 83.7 Å². The van der Waals surface area contributed by atoms with Gasteiger partial charge in [0.2, 0.25) is 0 Å². The van der Waals surface area contributed by atoms with Gasteiger partial charge in [-0.25, -0.2) is 0 Å². The largest absolute Gasteiger partial charge is 0.465 e. The zero-order chi connectivity index (χ0) is 17.9. The van der Waals surface area contributed by atoms with E-state index in [1.54, 1.807) is 0 Å². The molecule has 2 rings (SSSR count). The number of aromatic nitrogens is 1. The van der Waals surface area contributed by atoms with Crippen LogP contribution < -0.4 is 0 Å². The molecule has 1 heterocycles. The molecule has 0 aromatic carbocycles. The summed E-state index contributed by atoms with van der Waals surface area (Å²) in [5.41, 5.74) is 3.84. The highest BCUT2D eigenvalue weighted by Gasteiger charge is 2.17. The maximum Gasteiger partial charge on any atom is 0.306 e. The van der Waals surface area contributed by atoms with E-state index in [-0.39, 0.29) is 5.97 Å². The van der Waals surface area contributed by atoms with Crippen LogP contribution in [-0.2, 0) is 9.53 Å². The van der Waals surface area contributed by atoms with Crippen molar-refractivity contribution in [3.8, 4) is 0 Å². The maximum atomic E-state index is 12.2. The number of carbonyl (C=O) groups excluding carboxylic acids is 1. The summed E-state index contributed by atoms with van der Waals surface area (Å²) in [7, 11) is 0. The predicted molar refractivity (Wildman–Crippen MR) is 103 cm³/mol. The van der Waals surface area contributed by atoms with Gasteiger partial charge in [0.15, 0.2) is 0 Å². The number of unbranched alkanes of at least 4 members (excludes halogenated alkanes) is 1. The molecule has 1 unspecified atom stereocenters. The molecular formula is C22H33NO2. The van der Waals surface area contributed by atoms with Gasteiger partial charge in [0.25, 0.3) is 0 Å². The van der Waals surface area contributed by atoms with Crippen LogP contribution in [0.4, 0.5) is 0 Å². The zero-order valence-electron chi connectivity index (χ0n) is 15.9. The molecule has 25 heavy (non-hydrogen) atoms. The van der Waals surface area contributed by atoms with Crippen molar-refractivity contribution in [2.75, 3.05) is 6.61 Å². The Morgan fingerprint density at radius 3 is 2.80 bits per heavy atom. The lowest BCUT2D eigenvalue weighted by atomic mass is 9.87. The van der Waals surface area contributed by atoms with Gasteiger partial charge in [-0.1, -0.05) is 44.7 Å². The van der Waals surface area contributed by atoms with E-state index in [4.69, 9.17) is 4.74 Å². The Balaban J connectivity index is 1.85. The zero-order valence-corrected chi connectivity index (χ0v) is 15.9. The molecule has 0 N–H and O–H groups in total. The molecule has 1 atom stereocenters. The fourth-order valence-electron chi connectivity index (χ4n) is 3.53. The van der Waals surface area contributed by atoms with Crippen LogP contribution in [0.15, 0.2) is 30.0 Å². The number of rotatable bonds is 10. The summed E-state index contributed by atoms with van der Waals surface area (Å²) >= 11 is 0. The molecule has 0 saturated carbocycles. The molecule has 3 nitrogen and oxygen atoms in total. The van der Waals surface area contributed by atoms with Crippen LogP contribution >= 0.6 is 0 Å². The fraction of sp³-hybridized carbons (Fsp3) is 0.636. The van der Waals surface area contributed by atoms with Gasteiger partial charge in [0, 0.05) is 12.6 Å². The Morgan fingerprint density at radius 2 is 2.08 bits per heavy atom. The van der Waals surface area contributed by atoms with Gasteiger partial charge >= 0.3 is 5.97 Å². The first-order chi connectivity index (χ1) is 12.2. The number of hydrogen-bond acceptors (Lipinski definition) is 3. The first kappa shape index (κ1) is 19.7. The van der Waals surface area contributed by atoms with Gasteiger partial charge in [-0.2, -0.15) is 0 Å². The summed E-state index contributed by atoms with van der Waals surface area (Å²) < 4.78 is 5.55. The molecular weight excluding hydrogens is 310 g/mol. The number of allylic oxidation sites excluding steroid dienone is 2. The van der Waals surface area contributed by atoms with E-state index >= 15 is 0 Å². The van der Waals surface area contributed by atoms with Crippen LogP contribution in [0.5, 0.6) is 0 Å². The van der Waals surface area contributed by atoms with Gasteiger partial charge in [0.05, 0.1) is 12.3 Å². The topological polar surface area (TPSA) is 39.2 Å². The Labute approximate surface area is 152 Å². The van der Waals surface area contributed by atoms with E-state index < -0.39 is 0 Å². The Bertz CT molecular complexity index is 550. The van der Waals surface area contributed by atoms with Gasteiger partial charge in [0.1, 0.15) is 0 Å². The molecule has 1 aliphatic rings. The molecule has 3 heteroatoms. The average molecular weight is 344 g/mol. The summed E-state index contributed by atoms with van der Waals surface area (Å²) in [6.07, 6.45) is 12.4. The summed E-state index contributed by atoms with van der Waals surface area (Å²) in [6, 6.07) is 6.07. The number of carbonyl (C=O) groups is 1. The summed E-state index contributed by atoms with van der Waals surface area (Å²) in [6.45, 7) is 4.97. The Hall–Kier alpha value is -1.64. The van der Waals surface area contributed by atoms with E-state index in [2.05, 4.69) is 24.9 Å². The molecule has 0 amide bonds. The minimum absolute atomic E-state index is 0.0478. The third kappa shape index (κ3) is 6.64. The maximum absolute atomic E-state index is 12.2. The lowest BCUT2D eigenvalue weighted by Crippen LogP contribution is -2.14. The number of ether oxygens (including phenoxy) is 1. The second-order valence-electron chi connectivity index (χ2n) is 7.10. The van der Waals surface area contributed by atoms with E-state index in [1.165, 1.54) is 36.8 Å². The molecule has 0 saturated heterocycles. The first-order valence-corrected chi connectivity index (χ1v) is 10.0. The van der Waals surface area contributed by atoms with Crippen molar-refractivity contribution in [1.82, 2.24) is 4.98 Å². The molecule has 1 aromatic rings. The van der Waals surface area contributed by atoms with Crippen LogP contribution in [0.2, 0.25) is 0 Å². The van der Waals surface area contributed by atoms with Crippen LogP contribution in [0, 0.1) is 5.92 Å². The highest BCUT2D eigenvalue weighted by atomic mass is 16.5. The number of nitrogens with zero attached hydrogens (tertiary/aromatic N) is 1. The van der Waals surface area contributed by atoms with E-state index in [0.717, 1.165) is 37.8 Å². The highest BCUT2D eigenvalue weighted by Crippen LogP contribution is 2.33. The molecule has 0 radical (unpaired) electrons. The number of pyridine rings is 1. The number of hydrogen-bond donors (Lipinski definition) is 0. The van der Waals surface area contributed by atoms with Crippen LogP contribution in [0.3, 0.4) is 0 Å². The van der Waals surface area contributed by atoms with Crippen molar-refractivity contribution in [3.63, 3.8) is 0 Å². The second kappa shape index (κ2) is 11.1. The molecule has 0 aliphatic heterocycles. The van der Waals surface area contributed by atoms with Crippen molar-refractivity contribution >= 4 is 11.5 Å². The fourth-order valence-corrected chi connectivity index (χ4v) is 3.53. The summed E-state index contributed by atoms with van der Waals surface area (Å²) in [5, 5.41) is 0. The smallest absolute Gasteiger partial charge is 0.306 e. The monoisotopic (exact) mass is 343 g/mol. The molecule has 1 aromatic heterocycles. The molecule has 0 bridgehead atoms. The molecule has 138 valence electrons. The van der Waals surface area contributed by atoms with Crippen molar-refractivity contribution in [2.24, 2.45) is 5.92 Å². The molecule has 0 fully saturated rings. The van der Waals surface area contributed by atoms with Crippen LogP contribution in [-0.4, -0.2) is 17.6 Å². The average Bonchev–Trinajstić information content (AvgIpc) is 2.67. The van der Waals surface area contributed by atoms with Gasteiger partial charge < -0.3 is 4.74 Å². The van der Waals surface area contributed by atoms with E-state index in [9.17, 15) is 4.79 Å². The highest BCUT2D eigenvalue weighted by molar-refractivity contribution is 5.72. The Morgan fingerprint density at radius 1 is 1.24 bits per heavy atom. The third-order valence-corrected chi connectivity index (χ3v) is 5.21. The lowest BCUT2D eigenvalue weighted by Gasteiger charge is -2.20. The lowest BCUT2D eigenvalue weighted by molar-refractivity contribution is -0.145. The van der Waals surface area contributed by atoms with Gasteiger partial charge in [-0.05, 0) is 62.1 Å². The third-order valence-electron chi connectivity index (χ3n) is 5.21. The number of esters is 1. The summed E-state index contributed by atoms with van der Waals surface area (Å²) in [4.78, 5) is 16.7. The van der Waals surface area contributed by atoms with E-state index in [0.29, 0.717) is 18.9 Å². The van der Waals surface area contributed by atoms with Crippen molar-refractivity contribution < 1.29 is 9.53 Å². The SMILES string of the molecule is CCCCC(CC)COC(=O)CCC1=C(c2ccccn2)CCCC1. The van der Waals surface area contributed by atoms with Crippen molar-refractivity contribution in [2.45, 2.75) is 78.1 Å². The van der Waals surface area contributed by atoms with E-state index in [1.807, 2.05) is 18.3 Å². The predicted octanol–water partition coefficient (Wildman–Crippen LogP) is 5.95. The molecule has 1 aliphatic carbocycles. The first-order valence-electron chi connectivity index (χ1n) is 10.0. The standard InChI is InChI=1S/C22H33NO2/c1-3-5-10-18(4-2)17-25-22(24)15-14-19-11-6-7-12-20(19)21-13-8-9-16-23-21/h8-9,13,16,18H,3-7,10-12,14-15,17H2,1-2H3. The normalized spacial score (nSPS) is 15.9. The van der Waals surface area contributed by atoms with Crippen LogP contribution in [0.25, 0.3) is 5.57 Å². The van der Waals surface area contributed by atoms with Crippen molar-refractivity contribution in [3.05, 3.63) is 35.7 Å². The van der Waals surface area contributed by atoms with Gasteiger partial charge in [-0.15, -0.1) is 0 Å². The van der Waals surface area contributed by atoms with Crippen molar-refractivity contribution in [1.29, 1.82) is 0 Å².